The Morgan fingerprint density at radius 3 is 2.91 bits per heavy atom. The molecule has 4 nitrogen and oxygen atoms in total. The Morgan fingerprint density at radius 2 is 2.36 bits per heavy atom. The van der Waals surface area contributed by atoms with Crippen LogP contribution in [0, 0.1) is 0 Å². The third-order valence-corrected chi connectivity index (χ3v) is 1.14. The van der Waals surface area contributed by atoms with E-state index in [1.165, 1.54) is 0 Å². The first-order valence-corrected chi connectivity index (χ1v) is 3.92. The van der Waals surface area contributed by atoms with E-state index in [0.717, 1.165) is 12.8 Å². The molecule has 0 fully saturated rings. The summed E-state index contributed by atoms with van der Waals surface area (Å²) in [5.41, 5.74) is 5.16. The molecule has 0 saturated heterocycles. The highest BCUT2D eigenvalue weighted by atomic mass is 16.5. The molecule has 0 aliphatic heterocycles. The topological polar surface area (TPSA) is 64.3 Å². The Morgan fingerprint density at radius 1 is 1.64 bits per heavy atom. The van der Waals surface area contributed by atoms with E-state index in [9.17, 15) is 4.79 Å². The van der Waals surface area contributed by atoms with Gasteiger partial charge in [-0.1, -0.05) is 13.3 Å². The standard InChI is InChI=1S/C7H16N2O2/c1-2-3-6-11-7(10)9-5-4-8/h2-6,8H2,1H3,(H,9,10). The van der Waals surface area contributed by atoms with E-state index < -0.39 is 0 Å². The SMILES string of the molecule is CCCCOC(=O)NCCN. The van der Waals surface area contributed by atoms with Gasteiger partial charge in [-0.2, -0.15) is 0 Å². The van der Waals surface area contributed by atoms with E-state index in [1.807, 2.05) is 6.92 Å². The van der Waals surface area contributed by atoms with Gasteiger partial charge in [0.15, 0.2) is 0 Å². The summed E-state index contributed by atoms with van der Waals surface area (Å²) in [5, 5.41) is 2.51. The fourth-order valence-corrected chi connectivity index (χ4v) is 0.534. The second-order valence-corrected chi connectivity index (χ2v) is 2.20. The van der Waals surface area contributed by atoms with Crippen molar-refractivity contribution in [2.24, 2.45) is 5.73 Å². The summed E-state index contributed by atoms with van der Waals surface area (Å²) in [6.45, 7) is 3.46. The zero-order valence-corrected chi connectivity index (χ0v) is 6.93. The van der Waals surface area contributed by atoms with Crippen LogP contribution in [0.5, 0.6) is 0 Å². The van der Waals surface area contributed by atoms with Crippen LogP contribution in [0.4, 0.5) is 4.79 Å². The van der Waals surface area contributed by atoms with E-state index in [1.54, 1.807) is 0 Å². The molecule has 0 aromatic rings. The maximum Gasteiger partial charge on any atom is 0.407 e. The van der Waals surface area contributed by atoms with Gasteiger partial charge in [0.1, 0.15) is 0 Å². The first kappa shape index (κ1) is 10.2. The number of carbonyl (C=O) groups is 1. The van der Waals surface area contributed by atoms with E-state index >= 15 is 0 Å². The summed E-state index contributed by atoms with van der Waals surface area (Å²) >= 11 is 0. The predicted molar refractivity (Wildman–Crippen MR) is 43.3 cm³/mol. The zero-order chi connectivity index (χ0) is 8.53. The highest BCUT2D eigenvalue weighted by molar-refractivity contribution is 5.66. The lowest BCUT2D eigenvalue weighted by molar-refractivity contribution is 0.145. The molecule has 1 amide bonds. The molecule has 0 atom stereocenters. The highest BCUT2D eigenvalue weighted by Gasteiger charge is 1.97. The van der Waals surface area contributed by atoms with Crippen LogP contribution in [0.1, 0.15) is 19.8 Å². The maximum absolute atomic E-state index is 10.7. The fraction of sp³-hybridized carbons (Fsp3) is 0.857. The van der Waals surface area contributed by atoms with E-state index in [4.69, 9.17) is 10.5 Å². The van der Waals surface area contributed by atoms with Crippen LogP contribution in [-0.2, 0) is 4.74 Å². The molecule has 0 saturated carbocycles. The Labute approximate surface area is 67.1 Å². The number of hydrogen-bond acceptors (Lipinski definition) is 3. The minimum absolute atomic E-state index is 0.371. The van der Waals surface area contributed by atoms with Crippen molar-refractivity contribution in [3.05, 3.63) is 0 Å². The van der Waals surface area contributed by atoms with Crippen molar-refractivity contribution in [2.45, 2.75) is 19.8 Å². The first-order valence-electron chi connectivity index (χ1n) is 3.92. The molecule has 0 aromatic carbocycles. The van der Waals surface area contributed by atoms with E-state index in [0.29, 0.717) is 19.7 Å². The number of carbonyl (C=O) groups excluding carboxylic acids is 1. The molecule has 0 aliphatic carbocycles. The van der Waals surface area contributed by atoms with Gasteiger partial charge in [0.05, 0.1) is 6.61 Å². The number of unbranched alkanes of at least 4 members (excludes halogenated alkanes) is 1. The van der Waals surface area contributed by atoms with Gasteiger partial charge >= 0.3 is 6.09 Å². The van der Waals surface area contributed by atoms with Crippen molar-refractivity contribution < 1.29 is 9.53 Å². The Kier molecular flexibility index (Phi) is 6.82. The van der Waals surface area contributed by atoms with Crippen molar-refractivity contribution in [1.29, 1.82) is 0 Å². The number of amides is 1. The molecule has 3 N–H and O–H groups in total. The molecule has 0 aromatic heterocycles. The third-order valence-electron chi connectivity index (χ3n) is 1.14. The first-order chi connectivity index (χ1) is 5.31. The second-order valence-electron chi connectivity index (χ2n) is 2.20. The van der Waals surface area contributed by atoms with Crippen molar-refractivity contribution in [3.63, 3.8) is 0 Å². The number of alkyl carbamates (subject to hydrolysis) is 1. The Bertz CT molecular complexity index is 107. The van der Waals surface area contributed by atoms with Crippen LogP contribution in [-0.4, -0.2) is 25.8 Å². The van der Waals surface area contributed by atoms with Gasteiger partial charge in [-0.15, -0.1) is 0 Å². The lowest BCUT2D eigenvalue weighted by atomic mass is 10.4. The van der Waals surface area contributed by atoms with Crippen molar-refractivity contribution in [3.8, 4) is 0 Å². The van der Waals surface area contributed by atoms with Crippen molar-refractivity contribution in [2.75, 3.05) is 19.7 Å². The lowest BCUT2D eigenvalue weighted by Crippen LogP contribution is -2.29. The fourth-order valence-electron chi connectivity index (χ4n) is 0.534. The molecular weight excluding hydrogens is 144 g/mol. The number of nitrogens with one attached hydrogen (secondary N) is 1. The van der Waals surface area contributed by atoms with Crippen molar-refractivity contribution in [1.82, 2.24) is 5.32 Å². The Balaban J connectivity index is 3.09. The van der Waals surface area contributed by atoms with Gasteiger partial charge in [-0.05, 0) is 6.42 Å². The van der Waals surface area contributed by atoms with Gasteiger partial charge in [-0.25, -0.2) is 4.79 Å². The largest absolute Gasteiger partial charge is 0.450 e. The summed E-state index contributed by atoms with van der Waals surface area (Å²) in [5.74, 6) is 0. The molecule has 66 valence electrons. The average molecular weight is 160 g/mol. The third kappa shape index (κ3) is 7.12. The van der Waals surface area contributed by atoms with Crippen LogP contribution in [0.2, 0.25) is 0 Å². The van der Waals surface area contributed by atoms with Crippen LogP contribution in [0.15, 0.2) is 0 Å². The van der Waals surface area contributed by atoms with Gasteiger partial charge in [0.25, 0.3) is 0 Å². The monoisotopic (exact) mass is 160 g/mol. The average Bonchev–Trinajstić information content (AvgIpc) is 2.01. The summed E-state index contributed by atoms with van der Waals surface area (Å²) in [7, 11) is 0. The molecule has 0 bridgehead atoms. The van der Waals surface area contributed by atoms with Crippen molar-refractivity contribution >= 4 is 6.09 Å². The summed E-state index contributed by atoms with van der Waals surface area (Å²) in [4.78, 5) is 10.7. The predicted octanol–water partition coefficient (Wildman–Crippen LogP) is 0.471. The van der Waals surface area contributed by atoms with Gasteiger partial charge < -0.3 is 15.8 Å². The van der Waals surface area contributed by atoms with Crippen LogP contribution >= 0.6 is 0 Å². The molecule has 0 rings (SSSR count). The van der Waals surface area contributed by atoms with Crippen LogP contribution < -0.4 is 11.1 Å². The minimum atomic E-state index is -0.371. The number of hydrogen-bond donors (Lipinski definition) is 2. The smallest absolute Gasteiger partial charge is 0.407 e. The molecule has 0 radical (unpaired) electrons. The van der Waals surface area contributed by atoms with Crippen LogP contribution in [0.3, 0.4) is 0 Å². The zero-order valence-electron chi connectivity index (χ0n) is 6.93. The van der Waals surface area contributed by atoms with E-state index in [2.05, 4.69) is 5.32 Å². The lowest BCUT2D eigenvalue weighted by Gasteiger charge is -2.03. The molecule has 0 aliphatic rings. The van der Waals surface area contributed by atoms with Gasteiger partial charge in [-0.3, -0.25) is 0 Å². The number of nitrogens with two attached hydrogens (primary N) is 1. The molecule has 0 spiro atoms. The molecule has 0 unspecified atom stereocenters. The molecular formula is C7H16N2O2. The normalized spacial score (nSPS) is 9.27. The molecule has 0 heterocycles. The summed E-state index contributed by atoms with van der Waals surface area (Å²) in [6.07, 6.45) is 1.57. The number of ether oxygens (including phenoxy) is 1. The maximum atomic E-state index is 10.7. The quantitative estimate of drug-likeness (QED) is 0.575. The van der Waals surface area contributed by atoms with Crippen LogP contribution in [0.25, 0.3) is 0 Å². The van der Waals surface area contributed by atoms with E-state index in [-0.39, 0.29) is 6.09 Å². The number of rotatable bonds is 5. The summed E-state index contributed by atoms with van der Waals surface area (Å²) < 4.78 is 4.78. The summed E-state index contributed by atoms with van der Waals surface area (Å²) in [6, 6.07) is 0. The molecule has 4 heteroatoms. The molecule has 11 heavy (non-hydrogen) atoms. The minimum Gasteiger partial charge on any atom is -0.450 e. The highest BCUT2D eigenvalue weighted by Crippen LogP contribution is 1.87. The van der Waals surface area contributed by atoms with Gasteiger partial charge in [0.2, 0.25) is 0 Å². The van der Waals surface area contributed by atoms with Gasteiger partial charge in [0, 0.05) is 13.1 Å². The second kappa shape index (κ2) is 7.34. The Hall–Kier alpha value is -0.770.